The van der Waals surface area contributed by atoms with Crippen molar-refractivity contribution in [1.82, 2.24) is 10.5 Å². The molecule has 1 aromatic carbocycles. The van der Waals surface area contributed by atoms with Gasteiger partial charge in [0.15, 0.2) is 15.5 Å². The lowest BCUT2D eigenvalue weighted by molar-refractivity contribution is 0.0925. The van der Waals surface area contributed by atoms with E-state index in [-0.39, 0.29) is 28.3 Å². The Hall–Kier alpha value is -2.15. The molecule has 0 fully saturated rings. The molecule has 1 aliphatic heterocycles. The van der Waals surface area contributed by atoms with Crippen LogP contribution in [0.5, 0.6) is 0 Å². The van der Waals surface area contributed by atoms with Crippen LogP contribution in [0.4, 0.5) is 0 Å². The molecule has 0 aliphatic carbocycles. The quantitative estimate of drug-likeness (QED) is 0.911. The summed E-state index contributed by atoms with van der Waals surface area (Å²) in [5, 5.41) is 6.48. The maximum Gasteiger partial charge on any atom is 0.273 e. The molecule has 1 atom stereocenters. The van der Waals surface area contributed by atoms with Crippen LogP contribution in [0.25, 0.3) is 0 Å². The molecular weight excluding hydrogens is 292 g/mol. The van der Waals surface area contributed by atoms with Gasteiger partial charge in [-0.15, -0.1) is 0 Å². The standard InChI is InChI=1S/C14H14N2O4S/c1-9-8-12(16-20-9)14(17)15-11-6-7-21(18,19)13-5-3-2-4-10(11)13/h2-5,8,11H,6-7H2,1H3,(H,15,17)/t11-/m0/s1. The molecule has 3 rings (SSSR count). The molecule has 0 spiro atoms. The first kappa shape index (κ1) is 13.8. The number of nitrogens with zero attached hydrogens (tertiary/aromatic N) is 1. The van der Waals surface area contributed by atoms with E-state index in [1.165, 1.54) is 0 Å². The van der Waals surface area contributed by atoms with Crippen molar-refractivity contribution in [2.75, 3.05) is 5.75 Å². The molecule has 7 heteroatoms. The topological polar surface area (TPSA) is 89.3 Å². The number of aryl methyl sites for hydroxylation is 1. The maximum atomic E-state index is 12.1. The summed E-state index contributed by atoms with van der Waals surface area (Å²) in [7, 11) is -3.26. The van der Waals surface area contributed by atoms with Crippen molar-refractivity contribution >= 4 is 15.7 Å². The van der Waals surface area contributed by atoms with E-state index in [9.17, 15) is 13.2 Å². The zero-order chi connectivity index (χ0) is 15.0. The molecule has 1 amide bonds. The van der Waals surface area contributed by atoms with Gasteiger partial charge in [0, 0.05) is 6.07 Å². The number of fused-ring (bicyclic) bond motifs is 1. The zero-order valence-electron chi connectivity index (χ0n) is 11.4. The zero-order valence-corrected chi connectivity index (χ0v) is 12.2. The average molecular weight is 306 g/mol. The van der Waals surface area contributed by atoms with E-state index in [4.69, 9.17) is 4.52 Å². The minimum atomic E-state index is -3.26. The van der Waals surface area contributed by atoms with Crippen LogP contribution < -0.4 is 5.32 Å². The van der Waals surface area contributed by atoms with E-state index < -0.39 is 9.84 Å². The lowest BCUT2D eigenvalue weighted by atomic mass is 10.0. The van der Waals surface area contributed by atoms with E-state index in [2.05, 4.69) is 10.5 Å². The van der Waals surface area contributed by atoms with Crippen molar-refractivity contribution < 1.29 is 17.7 Å². The number of carbonyl (C=O) groups is 1. The highest BCUT2D eigenvalue weighted by Crippen LogP contribution is 2.31. The summed E-state index contributed by atoms with van der Waals surface area (Å²) in [5.74, 6) is 0.199. The molecular formula is C14H14N2O4S. The van der Waals surface area contributed by atoms with Crippen molar-refractivity contribution in [3.05, 3.63) is 47.3 Å². The first-order chi connectivity index (χ1) is 9.97. The van der Waals surface area contributed by atoms with E-state index >= 15 is 0 Å². The third-order valence-corrected chi connectivity index (χ3v) is 5.29. The van der Waals surface area contributed by atoms with E-state index in [1.807, 2.05) is 0 Å². The first-order valence-electron chi connectivity index (χ1n) is 6.53. The third-order valence-electron chi connectivity index (χ3n) is 3.47. The van der Waals surface area contributed by atoms with Crippen LogP contribution in [0.15, 0.2) is 39.8 Å². The summed E-state index contributed by atoms with van der Waals surface area (Å²) in [6, 6.07) is 7.95. The summed E-state index contributed by atoms with van der Waals surface area (Å²) in [6.45, 7) is 1.70. The fourth-order valence-corrected chi connectivity index (χ4v) is 4.07. The lowest BCUT2D eigenvalue weighted by Crippen LogP contribution is -2.34. The number of carbonyl (C=O) groups excluding carboxylic acids is 1. The third kappa shape index (κ3) is 2.56. The fourth-order valence-electron chi connectivity index (χ4n) is 2.45. The molecule has 21 heavy (non-hydrogen) atoms. The Morgan fingerprint density at radius 3 is 2.86 bits per heavy atom. The number of aromatic nitrogens is 1. The summed E-state index contributed by atoms with van der Waals surface area (Å²) in [4.78, 5) is 12.4. The van der Waals surface area contributed by atoms with Gasteiger partial charge in [0.2, 0.25) is 0 Å². The van der Waals surface area contributed by atoms with Crippen molar-refractivity contribution in [2.45, 2.75) is 24.3 Å². The van der Waals surface area contributed by atoms with E-state index in [0.29, 0.717) is 17.7 Å². The molecule has 0 bridgehead atoms. The molecule has 0 saturated carbocycles. The fraction of sp³-hybridized carbons (Fsp3) is 0.286. The number of nitrogens with one attached hydrogen (secondary N) is 1. The van der Waals surface area contributed by atoms with Crippen LogP contribution in [0.2, 0.25) is 0 Å². The highest BCUT2D eigenvalue weighted by molar-refractivity contribution is 7.91. The molecule has 2 aromatic rings. The Bertz CT molecular complexity index is 795. The number of benzene rings is 1. The minimum Gasteiger partial charge on any atom is -0.361 e. The molecule has 0 unspecified atom stereocenters. The predicted molar refractivity (Wildman–Crippen MR) is 74.6 cm³/mol. The van der Waals surface area contributed by atoms with E-state index in [1.54, 1.807) is 37.3 Å². The van der Waals surface area contributed by atoms with Gasteiger partial charge in [0.1, 0.15) is 5.76 Å². The molecule has 1 N–H and O–H groups in total. The largest absolute Gasteiger partial charge is 0.361 e. The van der Waals surface area contributed by atoms with Gasteiger partial charge in [-0.05, 0) is 25.0 Å². The van der Waals surface area contributed by atoms with Crippen molar-refractivity contribution in [3.63, 3.8) is 0 Å². The summed E-state index contributed by atoms with van der Waals surface area (Å²) < 4.78 is 28.9. The highest BCUT2D eigenvalue weighted by Gasteiger charge is 2.31. The van der Waals surface area contributed by atoms with Crippen LogP contribution in [0.3, 0.4) is 0 Å². The molecule has 1 aliphatic rings. The van der Waals surface area contributed by atoms with Gasteiger partial charge < -0.3 is 9.84 Å². The summed E-state index contributed by atoms with van der Waals surface area (Å²) in [6.07, 6.45) is 0.349. The number of hydrogen-bond donors (Lipinski definition) is 1. The van der Waals surface area contributed by atoms with Gasteiger partial charge in [0.05, 0.1) is 16.7 Å². The summed E-state index contributed by atoms with van der Waals surface area (Å²) in [5.41, 5.74) is 0.815. The second-order valence-electron chi connectivity index (χ2n) is 4.99. The highest BCUT2D eigenvalue weighted by atomic mass is 32.2. The molecule has 2 heterocycles. The predicted octanol–water partition coefficient (Wildman–Crippen LogP) is 1.63. The second kappa shape index (κ2) is 5.00. The maximum absolute atomic E-state index is 12.1. The Morgan fingerprint density at radius 1 is 1.38 bits per heavy atom. The van der Waals surface area contributed by atoms with Gasteiger partial charge in [-0.3, -0.25) is 4.79 Å². The van der Waals surface area contributed by atoms with Crippen LogP contribution in [0, 0.1) is 6.92 Å². The molecule has 6 nitrogen and oxygen atoms in total. The Morgan fingerprint density at radius 2 is 2.14 bits per heavy atom. The molecule has 1 aromatic heterocycles. The molecule has 0 saturated heterocycles. The number of sulfone groups is 1. The van der Waals surface area contributed by atoms with Gasteiger partial charge in [-0.25, -0.2) is 8.42 Å². The SMILES string of the molecule is Cc1cc(C(=O)N[C@H]2CCS(=O)(=O)c3ccccc32)no1. The number of amides is 1. The van der Waals surface area contributed by atoms with Crippen LogP contribution >= 0.6 is 0 Å². The number of hydrogen-bond acceptors (Lipinski definition) is 5. The van der Waals surface area contributed by atoms with Crippen molar-refractivity contribution in [3.8, 4) is 0 Å². The van der Waals surface area contributed by atoms with Crippen LogP contribution in [-0.4, -0.2) is 25.2 Å². The average Bonchev–Trinajstić information content (AvgIpc) is 2.89. The van der Waals surface area contributed by atoms with E-state index in [0.717, 1.165) is 0 Å². The second-order valence-corrected chi connectivity index (χ2v) is 7.07. The van der Waals surface area contributed by atoms with Gasteiger partial charge >= 0.3 is 0 Å². The van der Waals surface area contributed by atoms with Crippen LogP contribution in [0.1, 0.15) is 34.3 Å². The van der Waals surface area contributed by atoms with Gasteiger partial charge in [0.25, 0.3) is 5.91 Å². The van der Waals surface area contributed by atoms with Gasteiger partial charge in [-0.2, -0.15) is 0 Å². The molecule has 110 valence electrons. The molecule has 0 radical (unpaired) electrons. The number of rotatable bonds is 2. The van der Waals surface area contributed by atoms with Gasteiger partial charge in [-0.1, -0.05) is 23.4 Å². The van der Waals surface area contributed by atoms with Crippen LogP contribution in [-0.2, 0) is 9.84 Å². The normalized spacial score (nSPS) is 19.8. The lowest BCUT2D eigenvalue weighted by Gasteiger charge is -2.25. The van der Waals surface area contributed by atoms with Crippen molar-refractivity contribution in [2.24, 2.45) is 0 Å². The smallest absolute Gasteiger partial charge is 0.273 e. The monoisotopic (exact) mass is 306 g/mol. The Balaban J connectivity index is 1.89. The summed E-state index contributed by atoms with van der Waals surface area (Å²) >= 11 is 0. The first-order valence-corrected chi connectivity index (χ1v) is 8.18. The Kier molecular flexibility index (Phi) is 3.29. The van der Waals surface area contributed by atoms with Crippen molar-refractivity contribution in [1.29, 1.82) is 0 Å². The minimum absolute atomic E-state index is 0.0206. The Labute approximate surface area is 122 Å².